The van der Waals surface area contributed by atoms with Gasteiger partial charge in [0.15, 0.2) is 0 Å². The molecule has 200 valence electrons. The molecule has 0 unspecified atom stereocenters. The largest absolute Gasteiger partial charge is 0.368 e. The number of amides is 2. The lowest BCUT2D eigenvalue weighted by atomic mass is 9.95. The number of anilines is 4. The average molecular weight is 516 g/mol. The smallest absolute Gasteiger partial charge is 0.245 e. The van der Waals surface area contributed by atoms with Crippen LogP contribution in [-0.4, -0.2) is 83.9 Å². The number of hydrogen-bond donors (Lipinski definition) is 1. The van der Waals surface area contributed by atoms with E-state index in [0.717, 1.165) is 81.5 Å². The molecule has 2 aromatic rings. The summed E-state index contributed by atoms with van der Waals surface area (Å²) in [6.45, 7) is 14.0. The maximum atomic E-state index is 12.3. The van der Waals surface area contributed by atoms with Crippen LogP contribution in [0.2, 0.25) is 0 Å². The van der Waals surface area contributed by atoms with E-state index in [1.807, 2.05) is 42.0 Å². The Labute approximate surface area is 224 Å². The Morgan fingerprint density at radius 1 is 1.11 bits per heavy atom. The van der Waals surface area contributed by atoms with Crippen molar-refractivity contribution in [2.75, 3.05) is 67.5 Å². The van der Waals surface area contributed by atoms with E-state index in [-0.39, 0.29) is 17.7 Å². The van der Waals surface area contributed by atoms with Crippen molar-refractivity contribution < 1.29 is 9.59 Å². The molecule has 3 aliphatic rings. The van der Waals surface area contributed by atoms with Crippen molar-refractivity contribution >= 4 is 41.0 Å². The molecule has 1 aromatic carbocycles. The summed E-state index contributed by atoms with van der Waals surface area (Å²) < 4.78 is 0. The van der Waals surface area contributed by atoms with E-state index >= 15 is 0 Å². The summed E-state index contributed by atoms with van der Waals surface area (Å²) in [6, 6.07) is 8.31. The lowest BCUT2D eigenvalue weighted by molar-refractivity contribution is -0.134. The van der Waals surface area contributed by atoms with E-state index in [9.17, 15) is 9.59 Å². The summed E-state index contributed by atoms with van der Waals surface area (Å²) in [7, 11) is 0. The fourth-order valence-corrected chi connectivity index (χ4v) is 5.24. The number of fused-ring (bicyclic) bond motifs is 1. The van der Waals surface area contributed by atoms with Gasteiger partial charge in [-0.05, 0) is 42.7 Å². The molecule has 2 fully saturated rings. The molecule has 5 rings (SSSR count). The lowest BCUT2D eigenvalue weighted by Gasteiger charge is -2.40. The quantitative estimate of drug-likeness (QED) is 0.540. The Morgan fingerprint density at radius 3 is 2.53 bits per heavy atom. The van der Waals surface area contributed by atoms with Crippen LogP contribution in [0.15, 0.2) is 49.2 Å². The molecule has 0 bridgehead atoms. The SMILES string of the molecule is C=CC(=O)N1CC(CCN2CC=Cc3cnc(Nc4ccc(N5CCN(C(=O)C(C)C)CC5)cc4)nc32)C1. The van der Waals surface area contributed by atoms with Crippen molar-refractivity contribution in [2.45, 2.75) is 20.3 Å². The minimum Gasteiger partial charge on any atom is -0.368 e. The second-order valence-corrected chi connectivity index (χ2v) is 10.6. The molecule has 0 saturated carbocycles. The third-order valence-electron chi connectivity index (χ3n) is 7.54. The van der Waals surface area contributed by atoms with E-state index in [1.165, 1.54) is 6.08 Å². The van der Waals surface area contributed by atoms with Gasteiger partial charge in [0.25, 0.3) is 0 Å². The lowest BCUT2D eigenvalue weighted by Crippen LogP contribution is -2.50. The van der Waals surface area contributed by atoms with Gasteiger partial charge in [-0.1, -0.05) is 32.6 Å². The first-order valence-electron chi connectivity index (χ1n) is 13.5. The van der Waals surface area contributed by atoms with Gasteiger partial charge in [-0.3, -0.25) is 9.59 Å². The van der Waals surface area contributed by atoms with E-state index in [1.54, 1.807) is 0 Å². The van der Waals surface area contributed by atoms with Crippen LogP contribution in [0.4, 0.5) is 23.1 Å². The molecule has 0 atom stereocenters. The van der Waals surface area contributed by atoms with Gasteiger partial charge in [-0.25, -0.2) is 4.98 Å². The summed E-state index contributed by atoms with van der Waals surface area (Å²) >= 11 is 0. The number of carbonyl (C=O) groups excluding carboxylic acids is 2. The monoisotopic (exact) mass is 515 g/mol. The standard InChI is InChI=1S/C29H37N7O2/c1-4-26(37)36-19-22(20-36)11-13-34-12-5-6-23-18-30-29(32-27(23)34)31-24-7-9-25(10-8-24)33-14-16-35(17-15-33)28(38)21(2)3/h4-10,18,21-22H,1,11-17,19-20H2,2-3H3,(H,30,31,32). The highest BCUT2D eigenvalue weighted by molar-refractivity contribution is 5.87. The zero-order valence-electron chi connectivity index (χ0n) is 22.3. The summed E-state index contributed by atoms with van der Waals surface area (Å²) in [5, 5.41) is 3.35. The Balaban J connectivity index is 1.16. The highest BCUT2D eigenvalue weighted by Crippen LogP contribution is 2.28. The minimum atomic E-state index is 0.0182. The van der Waals surface area contributed by atoms with Crippen molar-refractivity contribution in [2.24, 2.45) is 11.8 Å². The highest BCUT2D eigenvalue weighted by atomic mass is 16.2. The molecule has 0 radical (unpaired) electrons. The van der Waals surface area contributed by atoms with Crippen molar-refractivity contribution in [3.05, 3.63) is 54.8 Å². The molecular formula is C29H37N7O2. The molecule has 1 N–H and O–H groups in total. The van der Waals surface area contributed by atoms with Crippen LogP contribution in [0.25, 0.3) is 6.08 Å². The molecule has 38 heavy (non-hydrogen) atoms. The highest BCUT2D eigenvalue weighted by Gasteiger charge is 2.30. The molecule has 9 nitrogen and oxygen atoms in total. The molecule has 2 saturated heterocycles. The second kappa shape index (κ2) is 11.2. The topological polar surface area (TPSA) is 84.9 Å². The van der Waals surface area contributed by atoms with E-state index in [0.29, 0.717) is 11.9 Å². The second-order valence-electron chi connectivity index (χ2n) is 10.6. The Morgan fingerprint density at radius 2 is 1.84 bits per heavy atom. The average Bonchev–Trinajstić information content (AvgIpc) is 2.92. The summed E-state index contributed by atoms with van der Waals surface area (Å²) in [5.74, 6) is 2.33. The number of aromatic nitrogens is 2. The first kappa shape index (κ1) is 25.8. The predicted octanol–water partition coefficient (Wildman–Crippen LogP) is 3.39. The van der Waals surface area contributed by atoms with Gasteiger partial charge in [0.2, 0.25) is 17.8 Å². The van der Waals surface area contributed by atoms with Crippen LogP contribution in [-0.2, 0) is 9.59 Å². The number of nitrogens with zero attached hydrogens (tertiary/aromatic N) is 6. The Kier molecular flexibility index (Phi) is 7.62. The third-order valence-corrected chi connectivity index (χ3v) is 7.54. The van der Waals surface area contributed by atoms with Gasteiger partial charge in [0, 0.05) is 81.4 Å². The molecular weight excluding hydrogens is 478 g/mol. The Hall–Kier alpha value is -3.88. The number of carbonyl (C=O) groups is 2. The zero-order chi connectivity index (χ0) is 26.6. The Bertz CT molecular complexity index is 1200. The van der Waals surface area contributed by atoms with E-state index in [2.05, 4.69) is 51.0 Å². The molecule has 2 amide bonds. The van der Waals surface area contributed by atoms with Gasteiger partial charge in [0.1, 0.15) is 5.82 Å². The minimum absolute atomic E-state index is 0.0182. The number of benzene rings is 1. The normalized spacial score (nSPS) is 17.3. The van der Waals surface area contributed by atoms with E-state index < -0.39 is 0 Å². The molecule has 1 aromatic heterocycles. The molecule has 9 heteroatoms. The maximum absolute atomic E-state index is 12.3. The summed E-state index contributed by atoms with van der Waals surface area (Å²) in [5.41, 5.74) is 3.10. The number of hydrogen-bond acceptors (Lipinski definition) is 7. The van der Waals surface area contributed by atoms with Gasteiger partial charge >= 0.3 is 0 Å². The van der Waals surface area contributed by atoms with Gasteiger partial charge in [-0.15, -0.1) is 0 Å². The van der Waals surface area contributed by atoms with Crippen molar-refractivity contribution in [3.63, 3.8) is 0 Å². The first-order chi connectivity index (χ1) is 18.4. The number of rotatable bonds is 8. The number of nitrogens with one attached hydrogen (secondary N) is 1. The van der Waals surface area contributed by atoms with Crippen LogP contribution >= 0.6 is 0 Å². The number of likely N-dealkylation sites (tertiary alicyclic amines) is 1. The van der Waals surface area contributed by atoms with Crippen LogP contribution < -0.4 is 15.1 Å². The van der Waals surface area contributed by atoms with Gasteiger partial charge < -0.3 is 24.9 Å². The summed E-state index contributed by atoms with van der Waals surface area (Å²) in [4.78, 5) is 41.8. The number of piperazine rings is 1. The van der Waals surface area contributed by atoms with Crippen LogP contribution in [0.1, 0.15) is 25.8 Å². The summed E-state index contributed by atoms with van der Waals surface area (Å²) in [6.07, 6.45) is 8.49. The third kappa shape index (κ3) is 5.66. The van der Waals surface area contributed by atoms with Gasteiger partial charge in [0.05, 0.1) is 0 Å². The maximum Gasteiger partial charge on any atom is 0.245 e. The fourth-order valence-electron chi connectivity index (χ4n) is 5.24. The zero-order valence-corrected chi connectivity index (χ0v) is 22.3. The first-order valence-corrected chi connectivity index (χ1v) is 13.5. The fraction of sp³-hybridized carbons (Fsp3) is 0.448. The molecule has 0 aliphatic carbocycles. The van der Waals surface area contributed by atoms with E-state index in [4.69, 9.17) is 4.98 Å². The van der Waals surface area contributed by atoms with Crippen molar-refractivity contribution in [3.8, 4) is 0 Å². The van der Waals surface area contributed by atoms with Crippen molar-refractivity contribution in [1.82, 2.24) is 19.8 Å². The van der Waals surface area contributed by atoms with Crippen LogP contribution in [0, 0.1) is 11.8 Å². The van der Waals surface area contributed by atoms with Crippen LogP contribution in [0.5, 0.6) is 0 Å². The molecule has 3 aliphatic heterocycles. The molecule has 4 heterocycles. The molecule has 0 spiro atoms. The van der Waals surface area contributed by atoms with Crippen LogP contribution in [0.3, 0.4) is 0 Å². The predicted molar refractivity (Wildman–Crippen MR) is 152 cm³/mol. The van der Waals surface area contributed by atoms with Crippen molar-refractivity contribution in [1.29, 1.82) is 0 Å². The van der Waals surface area contributed by atoms with Gasteiger partial charge in [-0.2, -0.15) is 4.98 Å².